The van der Waals surface area contributed by atoms with Crippen molar-refractivity contribution in [2.45, 2.75) is 20.3 Å². The van der Waals surface area contributed by atoms with Crippen molar-refractivity contribution in [3.63, 3.8) is 0 Å². The van der Waals surface area contributed by atoms with E-state index in [2.05, 4.69) is 41.9 Å². The summed E-state index contributed by atoms with van der Waals surface area (Å²) in [6, 6.07) is 0. The quantitative estimate of drug-likeness (QED) is 0.525. The van der Waals surface area contributed by atoms with Gasteiger partial charge in [-0.1, -0.05) is 35.0 Å². The fraction of sp³-hybridized carbons (Fsp3) is 0.545. The molecule has 0 aromatic rings. The van der Waals surface area contributed by atoms with Gasteiger partial charge in [0.15, 0.2) is 5.96 Å². The van der Waals surface area contributed by atoms with Crippen molar-refractivity contribution in [2.24, 2.45) is 11.7 Å². The van der Waals surface area contributed by atoms with Crippen LogP contribution in [0, 0.1) is 11.3 Å². The predicted molar refractivity (Wildman–Crippen MR) is 68.0 cm³/mol. The molecule has 1 aliphatic rings. The lowest BCUT2D eigenvalue weighted by molar-refractivity contribution is 0.382. The minimum absolute atomic E-state index is 0.162. The lowest BCUT2D eigenvalue weighted by Gasteiger charge is -2.24. The summed E-state index contributed by atoms with van der Waals surface area (Å²) in [6.45, 7) is 5.86. The SMILES string of the molecule is CC1=C(Br)CCN(C(=N)N)CC(C)C=C1. The van der Waals surface area contributed by atoms with Crippen LogP contribution < -0.4 is 5.73 Å². The maximum atomic E-state index is 7.48. The molecular formula is C11H18BrN3. The molecule has 1 heterocycles. The van der Waals surface area contributed by atoms with Crippen LogP contribution in [-0.2, 0) is 0 Å². The third-order valence-electron chi connectivity index (χ3n) is 2.55. The number of guanidine groups is 1. The Bertz CT molecular complexity index is 307. The summed E-state index contributed by atoms with van der Waals surface area (Å²) in [5.41, 5.74) is 6.79. The fourth-order valence-corrected chi connectivity index (χ4v) is 1.86. The maximum absolute atomic E-state index is 7.48. The molecule has 1 rings (SSSR count). The Balaban J connectivity index is 2.83. The largest absolute Gasteiger partial charge is 0.370 e. The molecule has 84 valence electrons. The van der Waals surface area contributed by atoms with Gasteiger partial charge in [0.2, 0.25) is 0 Å². The molecule has 4 heteroatoms. The van der Waals surface area contributed by atoms with Crippen molar-refractivity contribution < 1.29 is 0 Å². The number of rotatable bonds is 0. The van der Waals surface area contributed by atoms with Crippen molar-refractivity contribution in [3.8, 4) is 0 Å². The molecule has 1 atom stereocenters. The summed E-state index contributed by atoms with van der Waals surface area (Å²) in [6.07, 6.45) is 5.21. The van der Waals surface area contributed by atoms with Crippen LogP contribution in [0.25, 0.3) is 0 Å². The van der Waals surface area contributed by atoms with E-state index in [1.54, 1.807) is 0 Å². The minimum atomic E-state index is 0.162. The van der Waals surface area contributed by atoms with E-state index in [1.165, 1.54) is 10.1 Å². The van der Waals surface area contributed by atoms with Gasteiger partial charge >= 0.3 is 0 Å². The van der Waals surface area contributed by atoms with Crippen LogP contribution >= 0.6 is 15.9 Å². The first-order valence-corrected chi connectivity index (χ1v) is 5.92. The molecule has 0 saturated heterocycles. The molecule has 15 heavy (non-hydrogen) atoms. The number of halogens is 1. The van der Waals surface area contributed by atoms with Crippen LogP contribution in [0.2, 0.25) is 0 Å². The Morgan fingerprint density at radius 1 is 1.67 bits per heavy atom. The van der Waals surface area contributed by atoms with Crippen LogP contribution in [0.1, 0.15) is 20.3 Å². The molecule has 0 saturated carbocycles. The molecule has 0 spiro atoms. The predicted octanol–water partition coefficient (Wildman–Crippen LogP) is 2.45. The first-order chi connectivity index (χ1) is 7.00. The second-order valence-corrected chi connectivity index (χ2v) is 4.96. The zero-order valence-electron chi connectivity index (χ0n) is 9.26. The van der Waals surface area contributed by atoms with Crippen molar-refractivity contribution in [3.05, 3.63) is 22.2 Å². The van der Waals surface area contributed by atoms with E-state index in [0.29, 0.717) is 5.92 Å². The Labute approximate surface area is 99.7 Å². The highest BCUT2D eigenvalue weighted by Crippen LogP contribution is 2.20. The van der Waals surface area contributed by atoms with Gasteiger partial charge in [-0.3, -0.25) is 5.41 Å². The zero-order valence-corrected chi connectivity index (χ0v) is 10.8. The second-order valence-electron chi connectivity index (χ2n) is 4.01. The van der Waals surface area contributed by atoms with Gasteiger partial charge in [-0.05, 0) is 29.3 Å². The Morgan fingerprint density at radius 2 is 2.33 bits per heavy atom. The highest BCUT2D eigenvalue weighted by atomic mass is 79.9. The highest BCUT2D eigenvalue weighted by molar-refractivity contribution is 9.11. The average Bonchev–Trinajstić information content (AvgIpc) is 2.23. The number of hydrogen-bond donors (Lipinski definition) is 2. The van der Waals surface area contributed by atoms with Crippen LogP contribution in [-0.4, -0.2) is 23.9 Å². The van der Waals surface area contributed by atoms with Gasteiger partial charge in [-0.2, -0.15) is 0 Å². The van der Waals surface area contributed by atoms with Crippen molar-refractivity contribution in [1.82, 2.24) is 4.90 Å². The first kappa shape index (κ1) is 12.3. The van der Waals surface area contributed by atoms with Gasteiger partial charge in [0.25, 0.3) is 0 Å². The van der Waals surface area contributed by atoms with E-state index < -0.39 is 0 Å². The molecule has 1 aliphatic heterocycles. The van der Waals surface area contributed by atoms with E-state index in [9.17, 15) is 0 Å². The van der Waals surface area contributed by atoms with Crippen molar-refractivity contribution in [1.29, 1.82) is 5.41 Å². The Kier molecular flexibility index (Phi) is 4.39. The number of allylic oxidation sites excluding steroid dienone is 2. The van der Waals surface area contributed by atoms with Gasteiger partial charge in [0.05, 0.1) is 0 Å². The molecule has 0 radical (unpaired) electrons. The van der Waals surface area contributed by atoms with Crippen LogP contribution in [0.5, 0.6) is 0 Å². The molecule has 0 amide bonds. The summed E-state index contributed by atoms with van der Waals surface area (Å²) >= 11 is 3.56. The molecule has 0 aromatic heterocycles. The van der Waals surface area contributed by atoms with E-state index in [0.717, 1.165) is 19.5 Å². The third-order valence-corrected chi connectivity index (χ3v) is 3.57. The smallest absolute Gasteiger partial charge is 0.188 e. The van der Waals surface area contributed by atoms with E-state index >= 15 is 0 Å². The maximum Gasteiger partial charge on any atom is 0.188 e. The third kappa shape index (κ3) is 3.70. The van der Waals surface area contributed by atoms with Gasteiger partial charge < -0.3 is 10.6 Å². The molecular weight excluding hydrogens is 254 g/mol. The van der Waals surface area contributed by atoms with Crippen LogP contribution in [0.15, 0.2) is 22.2 Å². The summed E-state index contributed by atoms with van der Waals surface area (Å²) in [5, 5.41) is 7.48. The fourth-order valence-electron chi connectivity index (χ4n) is 1.55. The molecule has 0 bridgehead atoms. The number of nitrogens with two attached hydrogens (primary N) is 1. The summed E-state index contributed by atoms with van der Waals surface area (Å²) in [7, 11) is 0. The average molecular weight is 272 g/mol. The highest BCUT2D eigenvalue weighted by Gasteiger charge is 2.12. The van der Waals surface area contributed by atoms with Gasteiger partial charge in [0, 0.05) is 13.1 Å². The summed E-state index contributed by atoms with van der Waals surface area (Å²) in [5.74, 6) is 0.581. The van der Waals surface area contributed by atoms with Gasteiger partial charge in [-0.25, -0.2) is 0 Å². The molecule has 0 aliphatic carbocycles. The summed E-state index contributed by atoms with van der Waals surface area (Å²) in [4.78, 5) is 1.91. The standard InChI is InChI=1S/C11H18BrN3/c1-8-3-4-9(2)10(12)5-6-15(7-8)11(13)14/h3-4,8H,5-7H2,1-2H3,(H3,13,14). The Morgan fingerprint density at radius 3 is 2.93 bits per heavy atom. The second kappa shape index (κ2) is 5.35. The van der Waals surface area contributed by atoms with Crippen LogP contribution in [0.3, 0.4) is 0 Å². The number of nitrogens with zero attached hydrogens (tertiary/aromatic N) is 1. The van der Waals surface area contributed by atoms with E-state index in [4.69, 9.17) is 11.1 Å². The van der Waals surface area contributed by atoms with Gasteiger partial charge in [-0.15, -0.1) is 0 Å². The van der Waals surface area contributed by atoms with E-state index in [-0.39, 0.29) is 5.96 Å². The molecule has 0 aromatic carbocycles. The number of nitrogens with one attached hydrogen (secondary N) is 1. The molecule has 1 unspecified atom stereocenters. The monoisotopic (exact) mass is 271 g/mol. The zero-order chi connectivity index (χ0) is 11.4. The van der Waals surface area contributed by atoms with Crippen molar-refractivity contribution >= 4 is 21.9 Å². The summed E-state index contributed by atoms with van der Waals surface area (Å²) < 4.78 is 1.19. The topological polar surface area (TPSA) is 53.1 Å². The lowest BCUT2D eigenvalue weighted by Crippen LogP contribution is -2.39. The first-order valence-electron chi connectivity index (χ1n) is 5.13. The number of hydrogen-bond acceptors (Lipinski definition) is 1. The molecule has 3 N–H and O–H groups in total. The van der Waals surface area contributed by atoms with E-state index in [1.807, 2.05) is 4.90 Å². The van der Waals surface area contributed by atoms with Crippen LogP contribution in [0.4, 0.5) is 0 Å². The van der Waals surface area contributed by atoms with Gasteiger partial charge in [0.1, 0.15) is 0 Å². The van der Waals surface area contributed by atoms with Crippen molar-refractivity contribution in [2.75, 3.05) is 13.1 Å². The molecule has 3 nitrogen and oxygen atoms in total. The Hall–Kier alpha value is -0.770. The normalized spacial score (nSPS) is 23.4. The molecule has 0 fully saturated rings. The lowest BCUT2D eigenvalue weighted by atomic mass is 10.1. The minimum Gasteiger partial charge on any atom is -0.370 e.